The molecule has 1 aromatic heterocycles. The Labute approximate surface area is 108 Å². The topological polar surface area (TPSA) is 24.9 Å². The highest BCUT2D eigenvalue weighted by molar-refractivity contribution is 7.11. The lowest BCUT2D eigenvalue weighted by molar-refractivity contribution is 0.496. The molecule has 2 nitrogen and oxygen atoms in total. The fourth-order valence-corrected chi connectivity index (χ4v) is 3.35. The first-order valence-electron chi connectivity index (χ1n) is 5.98. The van der Waals surface area contributed by atoms with Gasteiger partial charge in [-0.05, 0) is 39.2 Å². The summed E-state index contributed by atoms with van der Waals surface area (Å²) in [5, 5.41) is 4.74. The van der Waals surface area contributed by atoms with Gasteiger partial charge in [0.1, 0.15) is 0 Å². The summed E-state index contributed by atoms with van der Waals surface area (Å²) in [7, 11) is 2.06. The zero-order valence-corrected chi connectivity index (χ0v) is 11.7. The first-order chi connectivity index (χ1) is 7.33. The molecule has 0 spiro atoms. The van der Waals surface area contributed by atoms with Crippen LogP contribution in [0, 0.1) is 0 Å². The Balaban J connectivity index is 0.00000128. The molecule has 1 atom stereocenters. The van der Waals surface area contributed by atoms with E-state index in [-0.39, 0.29) is 12.4 Å². The molecule has 0 bridgehead atoms. The Bertz CT molecular complexity index is 325. The number of halogens is 1. The summed E-state index contributed by atoms with van der Waals surface area (Å²) in [6, 6.07) is 0.678. The van der Waals surface area contributed by atoms with Crippen LogP contribution in [0.5, 0.6) is 0 Å². The molecule has 0 radical (unpaired) electrons. The van der Waals surface area contributed by atoms with Crippen molar-refractivity contribution in [3.8, 4) is 0 Å². The summed E-state index contributed by atoms with van der Waals surface area (Å²) >= 11 is 1.94. The molecule has 1 aliphatic carbocycles. The van der Waals surface area contributed by atoms with Crippen LogP contribution in [0.3, 0.4) is 0 Å². The van der Waals surface area contributed by atoms with Crippen LogP contribution >= 0.6 is 23.7 Å². The molecule has 1 unspecified atom stereocenters. The molecule has 0 saturated carbocycles. The van der Waals surface area contributed by atoms with Gasteiger partial charge in [-0.15, -0.1) is 23.7 Å². The SMILES string of the molecule is CCCCc1nc2c(s1)CC(NC)CC2.Cl. The molecular weight excluding hydrogens is 240 g/mol. The highest BCUT2D eigenvalue weighted by Gasteiger charge is 2.20. The van der Waals surface area contributed by atoms with Crippen molar-refractivity contribution in [2.75, 3.05) is 7.05 Å². The first kappa shape index (κ1) is 13.9. The van der Waals surface area contributed by atoms with Crippen molar-refractivity contribution in [1.82, 2.24) is 10.3 Å². The predicted molar refractivity (Wildman–Crippen MR) is 72.8 cm³/mol. The average Bonchev–Trinajstić information content (AvgIpc) is 2.67. The van der Waals surface area contributed by atoms with Crippen molar-refractivity contribution in [2.45, 2.75) is 51.5 Å². The summed E-state index contributed by atoms with van der Waals surface area (Å²) in [4.78, 5) is 6.28. The van der Waals surface area contributed by atoms with Crippen LogP contribution in [0.15, 0.2) is 0 Å². The molecule has 1 N–H and O–H groups in total. The van der Waals surface area contributed by atoms with Crippen LogP contribution in [0.25, 0.3) is 0 Å². The van der Waals surface area contributed by atoms with Crippen molar-refractivity contribution in [1.29, 1.82) is 0 Å². The first-order valence-corrected chi connectivity index (χ1v) is 6.79. The van der Waals surface area contributed by atoms with Crippen molar-refractivity contribution in [3.05, 3.63) is 15.6 Å². The molecule has 2 rings (SSSR count). The van der Waals surface area contributed by atoms with Crippen molar-refractivity contribution >= 4 is 23.7 Å². The Morgan fingerprint density at radius 2 is 2.31 bits per heavy atom. The third-order valence-corrected chi connectivity index (χ3v) is 4.32. The Morgan fingerprint density at radius 3 is 3.00 bits per heavy atom. The Morgan fingerprint density at radius 1 is 1.50 bits per heavy atom. The van der Waals surface area contributed by atoms with Gasteiger partial charge in [0.05, 0.1) is 10.7 Å². The number of nitrogens with one attached hydrogen (secondary N) is 1. The summed E-state index contributed by atoms with van der Waals surface area (Å²) in [6.07, 6.45) is 7.34. The number of likely N-dealkylation sites (N-methyl/N-ethyl adjacent to an activating group) is 1. The number of hydrogen-bond acceptors (Lipinski definition) is 3. The van der Waals surface area contributed by atoms with Gasteiger partial charge in [-0.2, -0.15) is 0 Å². The quantitative estimate of drug-likeness (QED) is 0.900. The lowest BCUT2D eigenvalue weighted by Crippen LogP contribution is -2.30. The molecular formula is C12H21ClN2S. The van der Waals surface area contributed by atoms with E-state index in [0.717, 1.165) is 0 Å². The minimum atomic E-state index is 0. The maximum atomic E-state index is 4.75. The smallest absolute Gasteiger partial charge is 0.0931 e. The molecule has 0 aliphatic heterocycles. The van der Waals surface area contributed by atoms with Gasteiger partial charge in [-0.3, -0.25) is 0 Å². The largest absolute Gasteiger partial charge is 0.317 e. The predicted octanol–water partition coefficient (Wildman–Crippen LogP) is 2.98. The number of aromatic nitrogens is 1. The Kier molecular flexibility index (Phi) is 5.73. The van der Waals surface area contributed by atoms with E-state index < -0.39 is 0 Å². The van der Waals surface area contributed by atoms with Crippen molar-refractivity contribution < 1.29 is 0 Å². The number of aryl methyl sites for hydroxylation is 2. The van der Waals surface area contributed by atoms with Crippen molar-refractivity contribution in [2.24, 2.45) is 0 Å². The van der Waals surface area contributed by atoms with Crippen LogP contribution in [-0.2, 0) is 19.3 Å². The zero-order valence-electron chi connectivity index (χ0n) is 10.1. The van der Waals surface area contributed by atoms with Gasteiger partial charge in [0.15, 0.2) is 0 Å². The van der Waals surface area contributed by atoms with E-state index in [0.29, 0.717) is 6.04 Å². The van der Waals surface area contributed by atoms with Gasteiger partial charge >= 0.3 is 0 Å². The normalized spacial score (nSPS) is 19.0. The fourth-order valence-electron chi connectivity index (χ4n) is 2.11. The van der Waals surface area contributed by atoms with Gasteiger partial charge in [0.25, 0.3) is 0 Å². The average molecular weight is 261 g/mol. The highest BCUT2D eigenvalue weighted by Crippen LogP contribution is 2.27. The van der Waals surface area contributed by atoms with E-state index in [1.165, 1.54) is 54.1 Å². The molecule has 1 heterocycles. The number of unbranched alkanes of at least 4 members (excludes halogenated alkanes) is 1. The number of hydrogen-bond donors (Lipinski definition) is 1. The van der Waals surface area contributed by atoms with Crippen molar-refractivity contribution in [3.63, 3.8) is 0 Å². The van der Waals surface area contributed by atoms with E-state index in [4.69, 9.17) is 4.98 Å². The van der Waals surface area contributed by atoms with Crippen LogP contribution in [-0.4, -0.2) is 18.1 Å². The second-order valence-corrected chi connectivity index (χ2v) is 5.48. The van der Waals surface area contributed by atoms with Gasteiger partial charge < -0.3 is 5.32 Å². The van der Waals surface area contributed by atoms with E-state index in [1.54, 1.807) is 0 Å². The fraction of sp³-hybridized carbons (Fsp3) is 0.750. The molecule has 1 aliphatic rings. The number of rotatable bonds is 4. The molecule has 16 heavy (non-hydrogen) atoms. The lowest BCUT2D eigenvalue weighted by atomic mass is 9.98. The van der Waals surface area contributed by atoms with E-state index in [2.05, 4.69) is 19.3 Å². The van der Waals surface area contributed by atoms with Crippen LogP contribution < -0.4 is 5.32 Å². The molecule has 0 fully saturated rings. The molecule has 0 aromatic carbocycles. The second kappa shape index (κ2) is 6.58. The molecule has 92 valence electrons. The molecule has 0 amide bonds. The van der Waals surface area contributed by atoms with Gasteiger partial charge in [0.2, 0.25) is 0 Å². The Hall–Kier alpha value is -0.120. The van der Waals surface area contributed by atoms with E-state index in [9.17, 15) is 0 Å². The minimum absolute atomic E-state index is 0. The summed E-state index contributed by atoms with van der Waals surface area (Å²) in [5.74, 6) is 0. The van der Waals surface area contributed by atoms with E-state index >= 15 is 0 Å². The molecule has 4 heteroatoms. The number of nitrogens with zero attached hydrogens (tertiary/aromatic N) is 1. The van der Waals surface area contributed by atoms with Crippen LogP contribution in [0.2, 0.25) is 0 Å². The maximum Gasteiger partial charge on any atom is 0.0931 e. The summed E-state index contributed by atoms with van der Waals surface area (Å²) in [6.45, 7) is 2.24. The van der Waals surface area contributed by atoms with Crippen LogP contribution in [0.1, 0.15) is 41.8 Å². The highest BCUT2D eigenvalue weighted by atomic mass is 35.5. The molecule has 0 saturated heterocycles. The summed E-state index contributed by atoms with van der Waals surface area (Å²) < 4.78 is 0. The number of thiazole rings is 1. The third-order valence-electron chi connectivity index (χ3n) is 3.14. The van der Waals surface area contributed by atoms with Gasteiger partial charge in [-0.25, -0.2) is 4.98 Å². The zero-order chi connectivity index (χ0) is 10.7. The molecule has 1 aromatic rings. The lowest BCUT2D eigenvalue weighted by Gasteiger charge is -2.19. The monoisotopic (exact) mass is 260 g/mol. The second-order valence-electron chi connectivity index (χ2n) is 4.31. The van der Waals surface area contributed by atoms with Crippen LogP contribution in [0.4, 0.5) is 0 Å². The minimum Gasteiger partial charge on any atom is -0.317 e. The van der Waals surface area contributed by atoms with Gasteiger partial charge in [0, 0.05) is 10.9 Å². The standard InChI is InChI=1S/C12H20N2S.ClH/c1-3-4-5-12-14-10-7-6-9(13-2)8-11(10)15-12;/h9,13H,3-8H2,1-2H3;1H. The van der Waals surface area contributed by atoms with Gasteiger partial charge in [-0.1, -0.05) is 13.3 Å². The summed E-state index contributed by atoms with van der Waals surface area (Å²) in [5.41, 5.74) is 1.39. The van der Waals surface area contributed by atoms with E-state index in [1.807, 2.05) is 11.3 Å². The number of fused-ring (bicyclic) bond motifs is 1. The maximum absolute atomic E-state index is 4.75. The third kappa shape index (κ3) is 3.19.